The Hall–Kier alpha value is -2.54. The normalized spacial score (nSPS) is 19.5. The van der Waals surface area contributed by atoms with Crippen LogP contribution in [0.2, 0.25) is 0 Å². The molecule has 0 saturated heterocycles. The highest BCUT2D eigenvalue weighted by atomic mass is 14.6. The van der Waals surface area contributed by atoms with Gasteiger partial charge < -0.3 is 5.73 Å². The molecular weight excluding hydrogens is 374 g/mol. The first kappa shape index (κ1) is 20.4. The zero-order valence-electron chi connectivity index (χ0n) is 20.1. The quantitative estimate of drug-likeness (QED) is 0.406. The number of fused-ring (bicyclic) bond motifs is 4. The molecule has 0 heterocycles. The second kappa shape index (κ2) is 6.25. The molecular formula is C30H35N. The Labute approximate surface area is 187 Å². The highest BCUT2D eigenvalue weighted by molar-refractivity contribution is 5.91. The van der Waals surface area contributed by atoms with Crippen LogP contribution in [0.25, 0.3) is 22.3 Å². The summed E-state index contributed by atoms with van der Waals surface area (Å²) >= 11 is 0. The second-order valence-corrected chi connectivity index (χ2v) is 11.6. The van der Waals surface area contributed by atoms with Gasteiger partial charge in [-0.2, -0.15) is 0 Å². The molecule has 0 amide bonds. The minimum atomic E-state index is -0.0228. The molecule has 1 nitrogen and oxygen atoms in total. The van der Waals surface area contributed by atoms with E-state index in [4.69, 9.17) is 5.73 Å². The van der Waals surface area contributed by atoms with E-state index in [1.54, 1.807) is 0 Å². The Bertz CT molecular complexity index is 1220. The van der Waals surface area contributed by atoms with E-state index in [-0.39, 0.29) is 16.2 Å². The van der Waals surface area contributed by atoms with E-state index < -0.39 is 0 Å². The lowest BCUT2D eigenvalue weighted by molar-refractivity contribution is 0.332. The van der Waals surface area contributed by atoms with Gasteiger partial charge in [-0.05, 0) is 87.2 Å². The topological polar surface area (TPSA) is 26.0 Å². The Balaban J connectivity index is 1.84. The summed E-state index contributed by atoms with van der Waals surface area (Å²) in [7, 11) is 0. The van der Waals surface area contributed by atoms with E-state index in [1.165, 1.54) is 62.9 Å². The number of nitrogen functional groups attached to an aromatic ring is 1. The number of rotatable bonds is 1. The fourth-order valence-electron chi connectivity index (χ4n) is 6.19. The van der Waals surface area contributed by atoms with Crippen LogP contribution >= 0.6 is 0 Å². The van der Waals surface area contributed by atoms with Gasteiger partial charge in [-0.1, -0.05) is 77.9 Å². The number of nitrogens with two attached hydrogens (primary N) is 1. The maximum Gasteiger partial charge on any atom is 0.0397 e. The molecule has 0 bridgehead atoms. The molecule has 0 aliphatic heterocycles. The molecule has 0 saturated carbocycles. The van der Waals surface area contributed by atoms with E-state index in [9.17, 15) is 0 Å². The van der Waals surface area contributed by atoms with Crippen molar-refractivity contribution in [1.29, 1.82) is 0 Å². The SMILES string of the molecule is Cc1ccc2c(c1-c1cc3c(cc1N)C(C)(C)c1ccccc1-3)C(C)(C)CCC2(C)C. The molecule has 0 radical (unpaired) electrons. The van der Waals surface area contributed by atoms with Crippen LogP contribution in [0.4, 0.5) is 5.69 Å². The van der Waals surface area contributed by atoms with E-state index >= 15 is 0 Å². The van der Waals surface area contributed by atoms with Crippen LogP contribution in [0.1, 0.15) is 82.2 Å². The molecule has 0 aromatic heterocycles. The summed E-state index contributed by atoms with van der Waals surface area (Å²) < 4.78 is 0. The van der Waals surface area contributed by atoms with Crippen molar-refractivity contribution in [3.8, 4) is 22.3 Å². The van der Waals surface area contributed by atoms with Crippen LogP contribution in [0.3, 0.4) is 0 Å². The first-order valence-electron chi connectivity index (χ1n) is 11.6. The predicted molar refractivity (Wildman–Crippen MR) is 134 cm³/mol. The van der Waals surface area contributed by atoms with Gasteiger partial charge in [0.2, 0.25) is 0 Å². The third-order valence-corrected chi connectivity index (χ3v) is 8.22. The average molecular weight is 410 g/mol. The van der Waals surface area contributed by atoms with Crippen molar-refractivity contribution in [2.75, 3.05) is 5.73 Å². The van der Waals surface area contributed by atoms with Gasteiger partial charge in [0, 0.05) is 16.7 Å². The van der Waals surface area contributed by atoms with Crippen molar-refractivity contribution >= 4 is 5.69 Å². The van der Waals surface area contributed by atoms with Gasteiger partial charge in [0.25, 0.3) is 0 Å². The molecule has 3 aromatic carbocycles. The third kappa shape index (κ3) is 2.75. The van der Waals surface area contributed by atoms with Crippen molar-refractivity contribution in [3.05, 3.63) is 76.3 Å². The third-order valence-electron chi connectivity index (χ3n) is 8.22. The highest BCUT2D eigenvalue weighted by Crippen LogP contribution is 2.54. The maximum atomic E-state index is 6.84. The largest absolute Gasteiger partial charge is 0.398 e. The molecule has 0 unspecified atom stereocenters. The van der Waals surface area contributed by atoms with Crippen molar-refractivity contribution in [3.63, 3.8) is 0 Å². The molecule has 2 aliphatic carbocycles. The lowest BCUT2D eigenvalue weighted by Crippen LogP contribution is -2.34. The van der Waals surface area contributed by atoms with Gasteiger partial charge in [-0.3, -0.25) is 0 Å². The van der Waals surface area contributed by atoms with Crippen molar-refractivity contribution < 1.29 is 0 Å². The summed E-state index contributed by atoms with van der Waals surface area (Å²) in [4.78, 5) is 0. The van der Waals surface area contributed by atoms with Gasteiger partial charge in [0.05, 0.1) is 0 Å². The second-order valence-electron chi connectivity index (χ2n) is 11.6. The van der Waals surface area contributed by atoms with Crippen LogP contribution in [0, 0.1) is 6.92 Å². The number of aryl methyl sites for hydroxylation is 1. The molecule has 31 heavy (non-hydrogen) atoms. The molecule has 5 rings (SSSR count). The Kier molecular flexibility index (Phi) is 4.11. The van der Waals surface area contributed by atoms with Gasteiger partial charge in [0.1, 0.15) is 0 Å². The fraction of sp³-hybridized carbons (Fsp3) is 0.400. The van der Waals surface area contributed by atoms with Gasteiger partial charge in [0.15, 0.2) is 0 Å². The Morgan fingerprint density at radius 3 is 2.10 bits per heavy atom. The van der Waals surface area contributed by atoms with Crippen LogP contribution in [0.5, 0.6) is 0 Å². The van der Waals surface area contributed by atoms with Crippen molar-refractivity contribution in [2.24, 2.45) is 0 Å². The molecule has 2 N–H and O–H groups in total. The molecule has 160 valence electrons. The zero-order chi connectivity index (χ0) is 22.3. The number of anilines is 1. The summed E-state index contributed by atoms with van der Waals surface area (Å²) in [5, 5.41) is 0. The first-order chi connectivity index (χ1) is 14.4. The molecule has 0 atom stereocenters. The van der Waals surface area contributed by atoms with Crippen LogP contribution in [-0.4, -0.2) is 0 Å². The van der Waals surface area contributed by atoms with Crippen molar-refractivity contribution in [2.45, 2.75) is 77.6 Å². The highest BCUT2D eigenvalue weighted by Gasteiger charge is 2.40. The minimum absolute atomic E-state index is 0.0228. The Morgan fingerprint density at radius 1 is 0.677 bits per heavy atom. The maximum absolute atomic E-state index is 6.84. The van der Waals surface area contributed by atoms with E-state index in [1.807, 2.05) is 0 Å². The first-order valence-corrected chi connectivity index (χ1v) is 11.6. The molecule has 0 fully saturated rings. The molecule has 2 aliphatic rings. The van der Waals surface area contributed by atoms with Crippen LogP contribution < -0.4 is 5.73 Å². The van der Waals surface area contributed by atoms with Gasteiger partial charge >= 0.3 is 0 Å². The average Bonchev–Trinajstić information content (AvgIpc) is 2.92. The minimum Gasteiger partial charge on any atom is -0.398 e. The molecule has 1 heteroatoms. The summed E-state index contributed by atoms with van der Waals surface area (Å²) in [5.41, 5.74) is 20.3. The van der Waals surface area contributed by atoms with Gasteiger partial charge in [-0.25, -0.2) is 0 Å². The molecule has 3 aromatic rings. The summed E-state index contributed by atoms with van der Waals surface area (Å²) in [5.74, 6) is 0. The number of hydrogen-bond acceptors (Lipinski definition) is 1. The predicted octanol–water partition coefficient (Wildman–Crippen LogP) is 7.90. The standard InChI is InChI=1S/C30H35N/c1-18-12-13-23-27(29(4,5)15-14-28(23,2)3)26(18)21-16-20-19-10-8-9-11-22(19)30(6,7)24(20)17-25(21)31/h8-13,16-17H,14-15,31H2,1-7H3. The summed E-state index contributed by atoms with van der Waals surface area (Å²) in [6.45, 7) is 16.5. The smallest absolute Gasteiger partial charge is 0.0397 e. The Morgan fingerprint density at radius 2 is 1.35 bits per heavy atom. The lowest BCUT2D eigenvalue weighted by Gasteiger charge is -2.43. The molecule has 0 spiro atoms. The number of benzene rings is 3. The van der Waals surface area contributed by atoms with Gasteiger partial charge in [-0.15, -0.1) is 0 Å². The zero-order valence-corrected chi connectivity index (χ0v) is 20.1. The van der Waals surface area contributed by atoms with Crippen LogP contribution in [-0.2, 0) is 16.2 Å². The monoisotopic (exact) mass is 409 g/mol. The van der Waals surface area contributed by atoms with E-state index in [0.717, 1.165) is 5.69 Å². The summed E-state index contributed by atoms with van der Waals surface area (Å²) in [6, 6.07) is 18.2. The number of hydrogen-bond donors (Lipinski definition) is 1. The fourth-order valence-corrected chi connectivity index (χ4v) is 6.19. The summed E-state index contributed by atoms with van der Waals surface area (Å²) in [6.07, 6.45) is 2.42. The van der Waals surface area contributed by atoms with E-state index in [2.05, 4.69) is 97.0 Å². The van der Waals surface area contributed by atoms with E-state index in [0.29, 0.717) is 0 Å². The van der Waals surface area contributed by atoms with Crippen LogP contribution in [0.15, 0.2) is 48.5 Å². The van der Waals surface area contributed by atoms with Crippen molar-refractivity contribution in [1.82, 2.24) is 0 Å². The lowest BCUT2D eigenvalue weighted by atomic mass is 9.61.